The number of carbonyl (C=O) groups is 2. The van der Waals surface area contributed by atoms with Gasteiger partial charge in [-0.25, -0.2) is 14.8 Å². The number of fused-ring (bicyclic) bond motifs is 1. The minimum absolute atomic E-state index is 0.0135. The van der Waals surface area contributed by atoms with E-state index in [4.69, 9.17) is 0 Å². The van der Waals surface area contributed by atoms with Gasteiger partial charge in [-0.3, -0.25) is 9.89 Å². The van der Waals surface area contributed by atoms with E-state index < -0.39 is 5.97 Å². The van der Waals surface area contributed by atoms with E-state index in [2.05, 4.69) is 24.9 Å². The van der Waals surface area contributed by atoms with Crippen LogP contribution >= 0.6 is 0 Å². The number of carbonyl (C=O) groups excluding carboxylic acids is 2. The van der Waals surface area contributed by atoms with Crippen LogP contribution in [0.1, 0.15) is 33.6 Å². The van der Waals surface area contributed by atoms with Crippen molar-refractivity contribution in [2.45, 2.75) is 18.9 Å². The minimum Gasteiger partial charge on any atom is -0.465 e. The third-order valence-corrected chi connectivity index (χ3v) is 5.38. The van der Waals surface area contributed by atoms with Gasteiger partial charge in [0.1, 0.15) is 0 Å². The molecule has 0 unspecified atom stereocenters. The highest BCUT2D eigenvalue weighted by Crippen LogP contribution is 2.23. The number of hydrogen-bond donors (Lipinski definition) is 1. The van der Waals surface area contributed by atoms with E-state index in [0.717, 1.165) is 23.7 Å². The smallest absolute Gasteiger partial charge is 0.341 e. The van der Waals surface area contributed by atoms with Gasteiger partial charge >= 0.3 is 5.97 Å². The number of H-pyrrole nitrogens is 1. The van der Waals surface area contributed by atoms with Gasteiger partial charge < -0.3 is 14.5 Å². The number of esters is 1. The fourth-order valence-corrected chi connectivity index (χ4v) is 3.66. The summed E-state index contributed by atoms with van der Waals surface area (Å²) in [5, 5.41) is 7.88. The van der Waals surface area contributed by atoms with Gasteiger partial charge in [0.25, 0.3) is 5.91 Å². The van der Waals surface area contributed by atoms with Crippen molar-refractivity contribution >= 4 is 28.7 Å². The molecule has 1 saturated heterocycles. The molecule has 1 amide bonds. The molecule has 3 aromatic rings. The lowest BCUT2D eigenvalue weighted by Gasteiger charge is -2.36. The Hall–Kier alpha value is -3.49. The number of likely N-dealkylation sites (tertiary alicyclic amines) is 1. The second-order valence-corrected chi connectivity index (χ2v) is 7.04. The van der Waals surface area contributed by atoms with Crippen LogP contribution in [-0.4, -0.2) is 70.2 Å². The third kappa shape index (κ3) is 3.63. The molecule has 1 N–H and O–H groups in total. The third-order valence-electron chi connectivity index (χ3n) is 5.38. The maximum atomic E-state index is 13.0. The number of benzene rings is 1. The number of hydrogen-bond acceptors (Lipinski definition) is 7. The second kappa shape index (κ2) is 7.86. The van der Waals surface area contributed by atoms with Crippen molar-refractivity contribution < 1.29 is 14.3 Å². The summed E-state index contributed by atoms with van der Waals surface area (Å²) in [6, 6.07) is 5.85. The quantitative estimate of drug-likeness (QED) is 0.674. The second-order valence-electron chi connectivity index (χ2n) is 7.04. The molecule has 0 atom stereocenters. The van der Waals surface area contributed by atoms with Crippen LogP contribution in [0, 0.1) is 0 Å². The summed E-state index contributed by atoms with van der Waals surface area (Å²) in [4.78, 5) is 36.9. The Morgan fingerprint density at radius 1 is 1.17 bits per heavy atom. The van der Waals surface area contributed by atoms with Gasteiger partial charge in [-0.1, -0.05) is 12.1 Å². The average molecular weight is 394 g/mol. The molecular formula is C20H22N6O3. The molecule has 9 nitrogen and oxygen atoms in total. The van der Waals surface area contributed by atoms with Crippen molar-refractivity contribution in [3.05, 3.63) is 47.9 Å². The van der Waals surface area contributed by atoms with Crippen LogP contribution in [-0.2, 0) is 4.74 Å². The molecule has 0 radical (unpaired) electrons. The van der Waals surface area contributed by atoms with Crippen LogP contribution in [0.15, 0.2) is 36.8 Å². The van der Waals surface area contributed by atoms with Crippen LogP contribution in [0.2, 0.25) is 0 Å². The summed E-state index contributed by atoms with van der Waals surface area (Å²) < 4.78 is 4.67. The maximum Gasteiger partial charge on any atom is 0.341 e. The number of para-hydroxylation sites is 1. The molecule has 0 spiro atoms. The highest BCUT2D eigenvalue weighted by molar-refractivity contribution is 6.05. The zero-order chi connectivity index (χ0) is 20.4. The molecule has 1 aromatic carbocycles. The first kappa shape index (κ1) is 18.9. The average Bonchev–Trinajstić information content (AvgIpc) is 3.27. The summed E-state index contributed by atoms with van der Waals surface area (Å²) >= 11 is 0. The van der Waals surface area contributed by atoms with Gasteiger partial charge in [0.2, 0.25) is 5.95 Å². The summed E-state index contributed by atoms with van der Waals surface area (Å²) in [6.45, 7) is 1.30. The minimum atomic E-state index is -0.460. The van der Waals surface area contributed by atoms with E-state index in [0.29, 0.717) is 30.2 Å². The van der Waals surface area contributed by atoms with Crippen LogP contribution in [0.3, 0.4) is 0 Å². The van der Waals surface area contributed by atoms with Gasteiger partial charge in [-0.2, -0.15) is 5.10 Å². The molecule has 0 aliphatic carbocycles. The summed E-state index contributed by atoms with van der Waals surface area (Å²) in [6.07, 6.45) is 6.27. The van der Waals surface area contributed by atoms with Crippen molar-refractivity contribution in [3.63, 3.8) is 0 Å². The van der Waals surface area contributed by atoms with Crippen LogP contribution < -0.4 is 4.90 Å². The Kier molecular flexibility index (Phi) is 5.11. The van der Waals surface area contributed by atoms with E-state index >= 15 is 0 Å². The van der Waals surface area contributed by atoms with Crippen LogP contribution in [0.5, 0.6) is 0 Å². The SMILES string of the molecule is COC(=O)c1cnc(N(C)C2CCN(C(=O)c3cccc4cn[nH]c34)CC2)nc1. The van der Waals surface area contributed by atoms with Gasteiger partial charge in [0.05, 0.1) is 30.0 Å². The predicted molar refractivity (Wildman–Crippen MR) is 107 cm³/mol. The number of piperidine rings is 1. The fraction of sp³-hybridized carbons (Fsp3) is 0.350. The fourth-order valence-electron chi connectivity index (χ4n) is 3.66. The van der Waals surface area contributed by atoms with E-state index in [1.165, 1.54) is 19.5 Å². The number of nitrogens with zero attached hydrogens (tertiary/aromatic N) is 5. The number of aromatic amines is 1. The molecule has 0 saturated carbocycles. The molecule has 150 valence electrons. The van der Waals surface area contributed by atoms with Gasteiger partial charge in [-0.05, 0) is 18.9 Å². The lowest BCUT2D eigenvalue weighted by molar-refractivity contribution is 0.0599. The zero-order valence-corrected chi connectivity index (χ0v) is 16.3. The molecule has 0 bridgehead atoms. The normalized spacial score (nSPS) is 14.8. The number of methoxy groups -OCH3 is 1. The first-order chi connectivity index (χ1) is 14.1. The molecule has 3 heterocycles. The summed E-state index contributed by atoms with van der Waals surface area (Å²) in [5.74, 6) is 0.0996. The molecule has 1 fully saturated rings. The number of anilines is 1. The van der Waals surface area contributed by atoms with Gasteiger partial charge in [0.15, 0.2) is 0 Å². The van der Waals surface area contributed by atoms with Crippen molar-refractivity contribution in [1.82, 2.24) is 25.1 Å². The molecule has 9 heteroatoms. The Morgan fingerprint density at radius 2 is 1.90 bits per heavy atom. The van der Waals surface area contributed by atoms with E-state index in [9.17, 15) is 9.59 Å². The Labute approximate surface area is 167 Å². The Bertz CT molecular complexity index is 1020. The molecular weight excluding hydrogens is 372 g/mol. The summed E-state index contributed by atoms with van der Waals surface area (Å²) in [5.41, 5.74) is 1.74. The van der Waals surface area contributed by atoms with E-state index in [1.54, 1.807) is 6.20 Å². The van der Waals surface area contributed by atoms with Gasteiger partial charge in [-0.15, -0.1) is 0 Å². The highest BCUT2D eigenvalue weighted by atomic mass is 16.5. The molecule has 1 aliphatic heterocycles. The van der Waals surface area contributed by atoms with Crippen molar-refractivity contribution in [3.8, 4) is 0 Å². The standard InChI is InChI=1S/C20H22N6O3/c1-25(20-21-10-14(11-22-20)19(28)29-2)15-6-8-26(9-7-15)18(27)16-5-3-4-13-12-23-24-17(13)16/h3-5,10-12,15H,6-9H2,1-2H3,(H,23,24). The zero-order valence-electron chi connectivity index (χ0n) is 16.3. The molecule has 1 aliphatic rings. The summed E-state index contributed by atoms with van der Waals surface area (Å²) in [7, 11) is 3.25. The first-order valence-corrected chi connectivity index (χ1v) is 9.43. The largest absolute Gasteiger partial charge is 0.465 e. The molecule has 2 aromatic heterocycles. The van der Waals surface area contributed by atoms with Crippen molar-refractivity contribution in [2.24, 2.45) is 0 Å². The van der Waals surface area contributed by atoms with Crippen LogP contribution in [0.25, 0.3) is 10.9 Å². The monoisotopic (exact) mass is 394 g/mol. The lowest BCUT2D eigenvalue weighted by atomic mass is 10.0. The number of ether oxygens (including phenoxy) is 1. The van der Waals surface area contributed by atoms with Crippen LogP contribution in [0.4, 0.5) is 5.95 Å². The van der Waals surface area contributed by atoms with Crippen molar-refractivity contribution in [2.75, 3.05) is 32.1 Å². The number of nitrogens with one attached hydrogen (secondary N) is 1. The lowest BCUT2D eigenvalue weighted by Crippen LogP contribution is -2.46. The first-order valence-electron chi connectivity index (χ1n) is 9.43. The highest BCUT2D eigenvalue weighted by Gasteiger charge is 2.28. The Balaban J connectivity index is 1.40. The number of amides is 1. The number of rotatable bonds is 4. The van der Waals surface area contributed by atoms with Crippen molar-refractivity contribution in [1.29, 1.82) is 0 Å². The predicted octanol–water partition coefficient (Wildman–Crippen LogP) is 1.88. The maximum absolute atomic E-state index is 13.0. The topological polar surface area (TPSA) is 104 Å². The molecule has 29 heavy (non-hydrogen) atoms. The molecule has 4 rings (SSSR count). The van der Waals surface area contributed by atoms with Gasteiger partial charge in [0, 0.05) is 44.0 Å². The Morgan fingerprint density at radius 3 is 2.59 bits per heavy atom. The van der Waals surface area contributed by atoms with E-state index in [1.807, 2.05) is 35.0 Å². The number of aromatic nitrogens is 4. The van der Waals surface area contributed by atoms with E-state index in [-0.39, 0.29) is 11.9 Å².